The highest BCUT2D eigenvalue weighted by Gasteiger charge is 2.22. The molecule has 0 radical (unpaired) electrons. The predicted octanol–water partition coefficient (Wildman–Crippen LogP) is -1.69. The predicted molar refractivity (Wildman–Crippen MR) is 144 cm³/mol. The number of esters is 1. The van der Waals surface area contributed by atoms with Crippen LogP contribution < -0.4 is 34.4 Å². The van der Waals surface area contributed by atoms with Gasteiger partial charge in [-0.15, -0.1) is 0 Å². The first-order valence-corrected chi connectivity index (χ1v) is 12.3. The van der Waals surface area contributed by atoms with Crippen LogP contribution in [0.15, 0.2) is 0 Å². The van der Waals surface area contributed by atoms with Crippen molar-refractivity contribution >= 4 is 29.8 Å². The summed E-state index contributed by atoms with van der Waals surface area (Å²) in [7, 11) is 0. The molecule has 16 nitrogen and oxygen atoms in total. The molecule has 0 rings (SSSR count). The summed E-state index contributed by atoms with van der Waals surface area (Å²) >= 11 is 0. The van der Waals surface area contributed by atoms with E-state index in [4.69, 9.17) is 54.8 Å². The zero-order chi connectivity index (χ0) is 31.9. The van der Waals surface area contributed by atoms with E-state index in [9.17, 15) is 24.0 Å². The Morgan fingerprint density at radius 3 is 1.38 bits per heavy atom. The number of carboxylic acids is 4. The lowest BCUT2D eigenvalue weighted by Gasteiger charge is -2.17. The molecule has 0 saturated carbocycles. The molecule has 0 spiro atoms. The fraction of sp³-hybridized carbons (Fsp3) is 0.783. The summed E-state index contributed by atoms with van der Waals surface area (Å²) in [5.41, 5.74) is 31.1. The number of nitrogens with two attached hydrogens (primary N) is 6. The van der Waals surface area contributed by atoms with Crippen LogP contribution in [0.1, 0.15) is 60.3 Å². The zero-order valence-electron chi connectivity index (χ0n) is 23.5. The Hall–Kier alpha value is -2.89. The topological polar surface area (TPSA) is 332 Å². The molecule has 0 aliphatic heterocycles. The molecule has 0 saturated heterocycles. The van der Waals surface area contributed by atoms with Gasteiger partial charge in [0.05, 0.1) is 0 Å². The van der Waals surface area contributed by atoms with Crippen molar-refractivity contribution in [3.63, 3.8) is 0 Å². The van der Waals surface area contributed by atoms with E-state index in [1.807, 2.05) is 13.8 Å². The van der Waals surface area contributed by atoms with Crippen LogP contribution in [0.3, 0.4) is 0 Å². The minimum Gasteiger partial charge on any atom is -0.480 e. The Labute approximate surface area is 229 Å². The quantitative estimate of drug-likeness (QED) is 0.0822. The Kier molecular flexibility index (Phi) is 28.1. The molecule has 0 amide bonds. The molecular formula is C23H50N6O10. The molecule has 232 valence electrons. The number of unbranched alkanes of at least 4 members (excludes halogenated alkanes) is 1. The number of rotatable bonds is 14. The van der Waals surface area contributed by atoms with Gasteiger partial charge >= 0.3 is 29.8 Å². The van der Waals surface area contributed by atoms with Crippen LogP contribution in [0.4, 0.5) is 0 Å². The van der Waals surface area contributed by atoms with E-state index in [0.717, 1.165) is 19.3 Å². The molecule has 0 fully saturated rings. The van der Waals surface area contributed by atoms with E-state index in [-0.39, 0.29) is 18.4 Å². The van der Waals surface area contributed by atoms with E-state index in [0.29, 0.717) is 13.0 Å². The molecule has 0 aromatic rings. The van der Waals surface area contributed by atoms with E-state index >= 15 is 0 Å². The number of hydrogen-bond acceptors (Lipinski definition) is 12. The van der Waals surface area contributed by atoms with Crippen LogP contribution in [0.5, 0.6) is 0 Å². The molecule has 16 N–H and O–H groups in total. The maximum absolute atomic E-state index is 11.3. The van der Waals surface area contributed by atoms with Crippen molar-refractivity contribution in [2.75, 3.05) is 13.2 Å². The molecule has 0 bridgehead atoms. The number of carboxylic acid groups (broad SMARTS) is 4. The SMILES string of the molecule is CC(C)[C@H](N)C(=O)O.CC[C@H](C)[C@H](N)C(=O)OC[C@H](N)C(=O)O.C[C@H](N)C(=O)O.NCCCC[C@H](N)C(=O)O. The fourth-order valence-electron chi connectivity index (χ4n) is 1.74. The minimum absolute atomic E-state index is 0.00134. The summed E-state index contributed by atoms with van der Waals surface area (Å²) in [6.45, 7) is 8.95. The third-order valence-electron chi connectivity index (χ3n) is 4.93. The Balaban J connectivity index is -0.000000222. The van der Waals surface area contributed by atoms with Gasteiger partial charge in [-0.2, -0.15) is 0 Å². The second-order valence-electron chi connectivity index (χ2n) is 8.95. The first kappa shape index (κ1) is 43.2. The summed E-state index contributed by atoms with van der Waals surface area (Å²) in [6, 6.07) is -4.08. The first-order valence-electron chi connectivity index (χ1n) is 12.3. The van der Waals surface area contributed by atoms with Gasteiger partial charge in [-0.3, -0.25) is 24.0 Å². The van der Waals surface area contributed by atoms with Crippen LogP contribution in [0, 0.1) is 11.8 Å². The number of hydrogen-bond donors (Lipinski definition) is 10. The normalized spacial score (nSPS) is 14.7. The van der Waals surface area contributed by atoms with Crippen LogP contribution in [0.2, 0.25) is 0 Å². The van der Waals surface area contributed by atoms with Crippen LogP contribution >= 0.6 is 0 Å². The zero-order valence-corrected chi connectivity index (χ0v) is 23.5. The van der Waals surface area contributed by atoms with Gasteiger partial charge in [0.2, 0.25) is 0 Å². The molecule has 6 atom stereocenters. The average molecular weight is 571 g/mol. The fourth-order valence-corrected chi connectivity index (χ4v) is 1.74. The van der Waals surface area contributed by atoms with Crippen LogP contribution in [0.25, 0.3) is 0 Å². The molecular weight excluding hydrogens is 520 g/mol. The average Bonchev–Trinajstić information content (AvgIpc) is 2.86. The van der Waals surface area contributed by atoms with Crippen molar-refractivity contribution < 1.29 is 49.1 Å². The second-order valence-corrected chi connectivity index (χ2v) is 8.95. The van der Waals surface area contributed by atoms with Gasteiger partial charge in [-0.25, -0.2) is 0 Å². The summed E-state index contributed by atoms with van der Waals surface area (Å²) < 4.78 is 4.68. The third kappa shape index (κ3) is 27.9. The Bertz CT molecular complexity index is 709. The molecule has 0 unspecified atom stereocenters. The number of aliphatic carboxylic acids is 4. The molecule has 16 heteroatoms. The first-order chi connectivity index (χ1) is 17.8. The van der Waals surface area contributed by atoms with Crippen LogP contribution in [-0.2, 0) is 28.7 Å². The van der Waals surface area contributed by atoms with E-state index in [1.165, 1.54) is 6.92 Å². The summed E-state index contributed by atoms with van der Waals surface area (Å²) in [5, 5.41) is 32.9. The van der Waals surface area contributed by atoms with Gasteiger partial charge in [0.1, 0.15) is 36.8 Å². The summed E-state index contributed by atoms with van der Waals surface area (Å²) in [4.78, 5) is 51.3. The monoisotopic (exact) mass is 570 g/mol. The van der Waals surface area contributed by atoms with Crippen molar-refractivity contribution in [3.8, 4) is 0 Å². The van der Waals surface area contributed by atoms with Gasteiger partial charge in [0.15, 0.2) is 0 Å². The van der Waals surface area contributed by atoms with Gasteiger partial charge in [-0.05, 0) is 38.1 Å². The lowest BCUT2D eigenvalue weighted by Crippen LogP contribution is -2.42. The number of carbonyl (C=O) groups excluding carboxylic acids is 1. The Morgan fingerprint density at radius 2 is 1.13 bits per heavy atom. The van der Waals surface area contributed by atoms with Gasteiger partial charge in [0.25, 0.3) is 0 Å². The Morgan fingerprint density at radius 1 is 0.692 bits per heavy atom. The lowest BCUT2D eigenvalue weighted by atomic mass is 10.0. The smallest absolute Gasteiger partial charge is 0.324 e. The standard InChI is InChI=1S/C9H18N2O4.C6H14N2O2.C5H11NO2.C3H7NO2/c1-3-5(2)7(11)9(14)15-4-6(10)8(12)13;7-4-2-1-3-5(8)6(9)10;1-3(2)4(6)5(7)8;1-2(4)3(5)6/h5-7H,3-4,10-11H2,1-2H3,(H,12,13);5H,1-4,7-8H2,(H,9,10);3-4H,6H2,1-2H3,(H,7,8);2H,4H2,1H3,(H,5,6)/t5-,6-,7-;5-;4-;2-/m0000/s1. The molecule has 0 aromatic carbocycles. The van der Waals surface area contributed by atoms with Crippen molar-refractivity contribution in [3.05, 3.63) is 0 Å². The second kappa shape index (κ2) is 25.4. The summed E-state index contributed by atoms with van der Waals surface area (Å²) in [6.07, 6.45) is 2.92. The van der Waals surface area contributed by atoms with Crippen molar-refractivity contribution in [2.45, 2.75) is 90.5 Å². The molecule has 0 heterocycles. The molecule has 0 aromatic heterocycles. The maximum Gasteiger partial charge on any atom is 0.324 e. The largest absolute Gasteiger partial charge is 0.480 e. The molecule has 0 aliphatic rings. The molecule has 0 aliphatic carbocycles. The minimum atomic E-state index is -1.21. The highest BCUT2D eigenvalue weighted by Crippen LogP contribution is 2.06. The lowest BCUT2D eigenvalue weighted by molar-refractivity contribution is -0.150. The van der Waals surface area contributed by atoms with Gasteiger partial charge < -0.3 is 59.6 Å². The van der Waals surface area contributed by atoms with E-state index in [2.05, 4.69) is 4.74 Å². The van der Waals surface area contributed by atoms with E-state index < -0.39 is 60.1 Å². The highest BCUT2D eigenvalue weighted by atomic mass is 16.5. The van der Waals surface area contributed by atoms with Crippen molar-refractivity contribution in [2.24, 2.45) is 46.2 Å². The number of ether oxygens (including phenoxy) is 1. The number of carbonyl (C=O) groups is 5. The summed E-state index contributed by atoms with van der Waals surface area (Å²) in [5.74, 6) is -4.63. The molecule has 39 heavy (non-hydrogen) atoms. The van der Waals surface area contributed by atoms with Gasteiger partial charge in [-0.1, -0.05) is 40.5 Å². The van der Waals surface area contributed by atoms with Crippen LogP contribution in [-0.4, -0.2) is 93.6 Å². The van der Waals surface area contributed by atoms with Crippen molar-refractivity contribution in [1.82, 2.24) is 0 Å². The third-order valence-corrected chi connectivity index (χ3v) is 4.93. The highest BCUT2D eigenvalue weighted by molar-refractivity contribution is 5.77. The van der Waals surface area contributed by atoms with Gasteiger partial charge in [0, 0.05) is 0 Å². The van der Waals surface area contributed by atoms with E-state index in [1.54, 1.807) is 13.8 Å². The van der Waals surface area contributed by atoms with Crippen molar-refractivity contribution in [1.29, 1.82) is 0 Å². The maximum atomic E-state index is 11.3.